The molecule has 3 heteroatoms. The van der Waals surface area contributed by atoms with Gasteiger partial charge in [0.15, 0.2) is 0 Å². The quantitative estimate of drug-likeness (QED) is 0.120. The summed E-state index contributed by atoms with van der Waals surface area (Å²) in [6, 6.07) is 19.5. The highest BCUT2D eigenvalue weighted by Gasteiger charge is 2.04. The van der Waals surface area contributed by atoms with Crippen LogP contribution < -0.4 is 4.74 Å². The fraction of sp³-hybridized carbons (Fsp3) is 0.514. The van der Waals surface area contributed by atoms with Crippen LogP contribution in [0.1, 0.15) is 115 Å². The van der Waals surface area contributed by atoms with E-state index in [-0.39, 0.29) is 5.75 Å². The van der Waals surface area contributed by atoms with E-state index in [2.05, 4.69) is 11.9 Å². The first-order valence-electron chi connectivity index (χ1n) is 15.3. The molecule has 0 saturated carbocycles. The number of phenolic OH excluding ortho intramolecular Hbond substituents is 1. The van der Waals surface area contributed by atoms with Crippen LogP contribution in [0.3, 0.4) is 0 Å². The van der Waals surface area contributed by atoms with Crippen LogP contribution in [-0.4, -0.2) is 17.9 Å². The summed E-state index contributed by atoms with van der Waals surface area (Å²) in [6.45, 7) is 3.06. The van der Waals surface area contributed by atoms with Gasteiger partial charge in [0.1, 0.15) is 11.5 Å². The molecular formula is C35H49NO2. The van der Waals surface area contributed by atoms with Crippen LogP contribution in [0.15, 0.2) is 65.7 Å². The van der Waals surface area contributed by atoms with Gasteiger partial charge in [0, 0.05) is 11.8 Å². The van der Waals surface area contributed by atoms with Crippen LogP contribution in [0, 0.1) is 0 Å². The molecule has 0 amide bonds. The molecule has 0 spiro atoms. The van der Waals surface area contributed by atoms with Crippen LogP contribution in [-0.2, 0) is 0 Å². The van der Waals surface area contributed by atoms with E-state index < -0.39 is 0 Å². The number of unbranched alkanes of at least 4 members (excludes halogenated alkanes) is 15. The van der Waals surface area contributed by atoms with E-state index in [4.69, 9.17) is 4.74 Å². The number of aromatic hydroxyl groups is 1. The highest BCUT2D eigenvalue weighted by Crippen LogP contribution is 2.27. The van der Waals surface area contributed by atoms with Crippen LogP contribution in [0.25, 0.3) is 10.8 Å². The monoisotopic (exact) mass is 515 g/mol. The van der Waals surface area contributed by atoms with Gasteiger partial charge in [-0.3, -0.25) is 4.99 Å². The standard InChI is InChI=1S/C35H49NO2/c1-2-3-4-5-6-7-8-9-10-11-12-13-14-15-16-19-28-38-32-25-23-31(24-26-32)36-29-34-33-21-18-17-20-30(33)22-27-35(34)37/h17-18,20-27,29,37H,2-16,19,28H2,1H3. The molecule has 0 heterocycles. The Hall–Kier alpha value is -2.81. The number of nitrogens with zero attached hydrogens (tertiary/aromatic N) is 1. The Bertz CT molecular complexity index is 1060. The first-order valence-corrected chi connectivity index (χ1v) is 15.3. The molecule has 38 heavy (non-hydrogen) atoms. The molecular weight excluding hydrogens is 466 g/mol. The Morgan fingerprint density at radius 1 is 0.632 bits per heavy atom. The zero-order valence-corrected chi connectivity index (χ0v) is 23.7. The Morgan fingerprint density at radius 2 is 1.18 bits per heavy atom. The van der Waals surface area contributed by atoms with Crippen molar-refractivity contribution in [3.63, 3.8) is 0 Å². The second kappa shape index (κ2) is 18.4. The summed E-state index contributed by atoms with van der Waals surface area (Å²) in [7, 11) is 0. The van der Waals surface area contributed by atoms with E-state index >= 15 is 0 Å². The normalized spacial score (nSPS) is 11.5. The third kappa shape index (κ3) is 11.3. The molecule has 0 aliphatic heterocycles. The third-order valence-electron chi connectivity index (χ3n) is 7.39. The number of phenols is 1. The minimum absolute atomic E-state index is 0.242. The summed E-state index contributed by atoms with van der Waals surface area (Å²) in [5.41, 5.74) is 1.58. The number of rotatable bonds is 20. The van der Waals surface area contributed by atoms with Crippen molar-refractivity contribution in [1.82, 2.24) is 0 Å². The Balaban J connectivity index is 1.20. The van der Waals surface area contributed by atoms with Crippen molar-refractivity contribution in [1.29, 1.82) is 0 Å². The minimum atomic E-state index is 0.242. The number of aliphatic imine (C=N–C) groups is 1. The second-order valence-electron chi connectivity index (χ2n) is 10.6. The van der Waals surface area contributed by atoms with Gasteiger partial charge in [-0.15, -0.1) is 0 Å². The number of ether oxygens (including phenoxy) is 1. The Kier molecular flexibility index (Phi) is 14.4. The van der Waals surface area contributed by atoms with Gasteiger partial charge in [-0.05, 0) is 47.5 Å². The lowest BCUT2D eigenvalue weighted by Gasteiger charge is -2.07. The van der Waals surface area contributed by atoms with Gasteiger partial charge >= 0.3 is 0 Å². The summed E-state index contributed by atoms with van der Waals surface area (Å²) in [4.78, 5) is 4.57. The number of benzene rings is 3. The molecule has 0 saturated heterocycles. The van der Waals surface area contributed by atoms with Gasteiger partial charge in [0.25, 0.3) is 0 Å². The zero-order valence-electron chi connectivity index (χ0n) is 23.7. The average molecular weight is 516 g/mol. The van der Waals surface area contributed by atoms with Crippen molar-refractivity contribution in [3.8, 4) is 11.5 Å². The van der Waals surface area contributed by atoms with E-state index in [1.807, 2.05) is 54.6 Å². The lowest BCUT2D eigenvalue weighted by Crippen LogP contribution is -1.97. The molecule has 3 rings (SSSR count). The molecule has 0 radical (unpaired) electrons. The molecule has 0 atom stereocenters. The molecule has 3 aromatic carbocycles. The lowest BCUT2D eigenvalue weighted by molar-refractivity contribution is 0.304. The first-order chi connectivity index (χ1) is 18.8. The van der Waals surface area contributed by atoms with Crippen molar-refractivity contribution >= 4 is 22.7 Å². The van der Waals surface area contributed by atoms with Crippen molar-refractivity contribution in [2.75, 3.05) is 6.61 Å². The number of fused-ring (bicyclic) bond motifs is 1. The highest BCUT2D eigenvalue weighted by atomic mass is 16.5. The van der Waals surface area contributed by atoms with E-state index in [0.29, 0.717) is 0 Å². The fourth-order valence-corrected chi connectivity index (χ4v) is 5.03. The summed E-state index contributed by atoms with van der Waals surface area (Å²) >= 11 is 0. The van der Waals surface area contributed by atoms with Crippen LogP contribution in [0.5, 0.6) is 11.5 Å². The Labute approximate surface area is 231 Å². The van der Waals surface area contributed by atoms with Crippen LogP contribution in [0.4, 0.5) is 5.69 Å². The van der Waals surface area contributed by atoms with Crippen molar-refractivity contribution < 1.29 is 9.84 Å². The van der Waals surface area contributed by atoms with Crippen LogP contribution in [0.2, 0.25) is 0 Å². The summed E-state index contributed by atoms with van der Waals surface area (Å²) in [6.07, 6.45) is 23.8. The van der Waals surface area contributed by atoms with Crippen molar-refractivity contribution in [2.24, 2.45) is 4.99 Å². The second-order valence-corrected chi connectivity index (χ2v) is 10.6. The van der Waals surface area contributed by atoms with Gasteiger partial charge in [0.05, 0.1) is 12.3 Å². The maximum Gasteiger partial charge on any atom is 0.124 e. The zero-order chi connectivity index (χ0) is 26.7. The van der Waals surface area contributed by atoms with Crippen LogP contribution >= 0.6 is 0 Å². The molecule has 0 aromatic heterocycles. The molecule has 0 aliphatic carbocycles. The number of hydrogen-bond donors (Lipinski definition) is 1. The minimum Gasteiger partial charge on any atom is -0.507 e. The van der Waals surface area contributed by atoms with Gasteiger partial charge in [-0.25, -0.2) is 0 Å². The molecule has 0 bridgehead atoms. The molecule has 0 fully saturated rings. The molecule has 3 nitrogen and oxygen atoms in total. The lowest BCUT2D eigenvalue weighted by atomic mass is 10.0. The van der Waals surface area contributed by atoms with Gasteiger partial charge in [-0.1, -0.05) is 134 Å². The maximum absolute atomic E-state index is 10.3. The Morgan fingerprint density at radius 3 is 1.79 bits per heavy atom. The molecule has 0 unspecified atom stereocenters. The average Bonchev–Trinajstić information content (AvgIpc) is 2.95. The van der Waals surface area contributed by atoms with E-state index in [1.165, 1.54) is 96.3 Å². The maximum atomic E-state index is 10.3. The van der Waals surface area contributed by atoms with Gasteiger partial charge < -0.3 is 9.84 Å². The number of hydrogen-bond acceptors (Lipinski definition) is 3. The smallest absolute Gasteiger partial charge is 0.124 e. The molecule has 3 aromatic rings. The molecule has 1 N–H and O–H groups in total. The summed E-state index contributed by atoms with van der Waals surface area (Å²) < 4.78 is 5.93. The predicted molar refractivity (Wildman–Crippen MR) is 164 cm³/mol. The first kappa shape index (κ1) is 29.7. The summed E-state index contributed by atoms with van der Waals surface area (Å²) in [5, 5.41) is 12.4. The van der Waals surface area contributed by atoms with E-state index in [1.54, 1.807) is 12.3 Å². The molecule has 0 aliphatic rings. The van der Waals surface area contributed by atoms with E-state index in [0.717, 1.165) is 40.8 Å². The van der Waals surface area contributed by atoms with Gasteiger partial charge in [-0.2, -0.15) is 0 Å². The topological polar surface area (TPSA) is 41.8 Å². The SMILES string of the molecule is CCCCCCCCCCCCCCCCCCOc1ccc(N=Cc2c(O)ccc3ccccc23)cc1. The summed E-state index contributed by atoms with van der Waals surface area (Å²) in [5.74, 6) is 1.13. The van der Waals surface area contributed by atoms with Gasteiger partial charge in [0.2, 0.25) is 0 Å². The fourth-order valence-electron chi connectivity index (χ4n) is 5.03. The highest BCUT2D eigenvalue weighted by molar-refractivity contribution is 6.02. The predicted octanol–water partition coefficient (Wildman–Crippen LogP) is 10.9. The van der Waals surface area contributed by atoms with E-state index in [9.17, 15) is 5.11 Å². The largest absolute Gasteiger partial charge is 0.507 e. The third-order valence-corrected chi connectivity index (χ3v) is 7.39. The van der Waals surface area contributed by atoms with Crippen molar-refractivity contribution in [3.05, 3.63) is 66.2 Å². The van der Waals surface area contributed by atoms with Crippen molar-refractivity contribution in [2.45, 2.75) is 110 Å². The molecule has 206 valence electrons.